The number of amides is 1. The monoisotopic (exact) mass is 282 g/mol. The van der Waals surface area contributed by atoms with Crippen molar-refractivity contribution in [3.05, 3.63) is 53.2 Å². The quantitative estimate of drug-likeness (QED) is 0.790. The van der Waals surface area contributed by atoms with Gasteiger partial charge in [0.15, 0.2) is 0 Å². The van der Waals surface area contributed by atoms with Gasteiger partial charge in [-0.15, -0.1) is 0 Å². The Labute approximate surface area is 126 Å². The number of hydrogen-bond donors (Lipinski definition) is 0. The number of carbonyl (C=O) groups is 1. The molecule has 2 heterocycles. The maximum absolute atomic E-state index is 12.9. The predicted octanol–water partition coefficient (Wildman–Crippen LogP) is 3.10. The van der Waals surface area contributed by atoms with E-state index < -0.39 is 0 Å². The molecule has 3 nitrogen and oxygen atoms in total. The molecule has 0 unspecified atom stereocenters. The summed E-state index contributed by atoms with van der Waals surface area (Å²) in [6.07, 6.45) is 4.25. The lowest BCUT2D eigenvalue weighted by atomic mass is 9.83. The SMILES string of the molecule is CC(C)[C@H]1C=CN(C)C2=C1C(=O)N(C)Cc1ccccc12. The van der Waals surface area contributed by atoms with E-state index in [1.807, 2.05) is 25.1 Å². The molecular formula is C18H22N2O. The molecule has 0 fully saturated rings. The van der Waals surface area contributed by atoms with Crippen LogP contribution in [0.1, 0.15) is 25.0 Å². The van der Waals surface area contributed by atoms with Crippen LogP contribution in [-0.2, 0) is 11.3 Å². The second-order valence-electron chi connectivity index (χ2n) is 6.30. The molecule has 1 atom stereocenters. The zero-order valence-electron chi connectivity index (χ0n) is 13.1. The molecule has 3 heteroatoms. The fourth-order valence-corrected chi connectivity index (χ4v) is 3.30. The minimum absolute atomic E-state index is 0.149. The van der Waals surface area contributed by atoms with Crippen LogP contribution in [0.4, 0.5) is 0 Å². The minimum atomic E-state index is 0.149. The topological polar surface area (TPSA) is 23.6 Å². The zero-order chi connectivity index (χ0) is 15.1. The van der Waals surface area contributed by atoms with Gasteiger partial charge in [0.05, 0.1) is 5.70 Å². The third kappa shape index (κ3) is 2.17. The number of rotatable bonds is 1. The van der Waals surface area contributed by atoms with Crippen LogP contribution in [0.2, 0.25) is 0 Å². The van der Waals surface area contributed by atoms with E-state index in [2.05, 4.69) is 49.2 Å². The molecule has 1 aromatic rings. The fraction of sp³-hybridized carbons (Fsp3) is 0.389. The molecule has 1 aromatic carbocycles. The van der Waals surface area contributed by atoms with E-state index in [9.17, 15) is 4.79 Å². The predicted molar refractivity (Wildman–Crippen MR) is 85.1 cm³/mol. The molecule has 0 saturated carbocycles. The molecule has 0 N–H and O–H groups in total. The van der Waals surface area contributed by atoms with Gasteiger partial charge in [-0.05, 0) is 11.5 Å². The first-order valence-corrected chi connectivity index (χ1v) is 7.49. The van der Waals surface area contributed by atoms with E-state index in [-0.39, 0.29) is 11.8 Å². The molecule has 2 aliphatic rings. The van der Waals surface area contributed by atoms with E-state index in [4.69, 9.17) is 0 Å². The number of likely N-dealkylation sites (N-methyl/N-ethyl adjacent to an activating group) is 1. The second-order valence-corrected chi connectivity index (χ2v) is 6.30. The molecule has 0 aromatic heterocycles. The molecule has 0 aliphatic carbocycles. The summed E-state index contributed by atoms with van der Waals surface area (Å²) in [7, 11) is 3.92. The number of hydrogen-bond acceptors (Lipinski definition) is 2. The van der Waals surface area contributed by atoms with Crippen LogP contribution in [0, 0.1) is 11.8 Å². The van der Waals surface area contributed by atoms with E-state index in [0.29, 0.717) is 12.5 Å². The molecule has 2 aliphatic heterocycles. The Kier molecular flexibility index (Phi) is 3.36. The smallest absolute Gasteiger partial charge is 0.252 e. The zero-order valence-corrected chi connectivity index (χ0v) is 13.1. The van der Waals surface area contributed by atoms with E-state index in [1.165, 1.54) is 11.1 Å². The fourth-order valence-electron chi connectivity index (χ4n) is 3.30. The highest BCUT2D eigenvalue weighted by molar-refractivity contribution is 6.03. The Morgan fingerprint density at radius 2 is 1.90 bits per heavy atom. The standard InChI is InChI=1S/C18H22N2O/c1-12(2)14-9-10-19(3)17-15-8-6-5-7-13(15)11-20(4)18(21)16(14)17/h5-10,12,14H,11H2,1-4H3/t14-/m1/s1. The molecule has 3 rings (SSSR count). The number of fused-ring (bicyclic) bond motifs is 2. The molecule has 1 amide bonds. The highest BCUT2D eigenvalue weighted by Crippen LogP contribution is 2.39. The van der Waals surface area contributed by atoms with E-state index >= 15 is 0 Å². The Bertz CT molecular complexity index is 642. The highest BCUT2D eigenvalue weighted by Gasteiger charge is 2.35. The van der Waals surface area contributed by atoms with Crippen LogP contribution in [0.25, 0.3) is 5.70 Å². The van der Waals surface area contributed by atoms with Crippen LogP contribution in [0.3, 0.4) is 0 Å². The van der Waals surface area contributed by atoms with Gasteiger partial charge in [-0.25, -0.2) is 0 Å². The summed E-state index contributed by atoms with van der Waals surface area (Å²) in [4.78, 5) is 16.8. The number of nitrogens with zero attached hydrogens (tertiary/aromatic N) is 2. The van der Waals surface area contributed by atoms with Crippen LogP contribution in [-0.4, -0.2) is 29.8 Å². The maximum Gasteiger partial charge on any atom is 0.252 e. The van der Waals surface area contributed by atoms with Gasteiger partial charge in [-0.2, -0.15) is 0 Å². The first kappa shape index (κ1) is 13.9. The number of carbonyl (C=O) groups excluding carboxylic acids is 1. The maximum atomic E-state index is 12.9. The number of benzene rings is 1. The lowest BCUT2D eigenvalue weighted by Crippen LogP contribution is -2.33. The second kappa shape index (κ2) is 5.06. The highest BCUT2D eigenvalue weighted by atomic mass is 16.2. The minimum Gasteiger partial charge on any atom is -0.350 e. The van der Waals surface area contributed by atoms with Gasteiger partial charge in [0.1, 0.15) is 0 Å². The van der Waals surface area contributed by atoms with Crippen LogP contribution < -0.4 is 0 Å². The Hall–Kier alpha value is -2.03. The Balaban J connectivity index is 2.27. The van der Waals surface area contributed by atoms with Crippen LogP contribution in [0.15, 0.2) is 42.1 Å². The van der Waals surface area contributed by atoms with Crippen LogP contribution >= 0.6 is 0 Å². The number of allylic oxidation sites excluding steroid dienone is 1. The third-order valence-electron chi connectivity index (χ3n) is 4.43. The molecule has 0 radical (unpaired) electrons. The summed E-state index contributed by atoms with van der Waals surface area (Å²) in [5.74, 6) is 0.732. The third-order valence-corrected chi connectivity index (χ3v) is 4.43. The van der Waals surface area contributed by atoms with Crippen LogP contribution in [0.5, 0.6) is 0 Å². The summed E-state index contributed by atoms with van der Waals surface area (Å²) in [5, 5.41) is 0. The summed E-state index contributed by atoms with van der Waals surface area (Å²) < 4.78 is 0. The summed E-state index contributed by atoms with van der Waals surface area (Å²) in [6.45, 7) is 5.02. The van der Waals surface area contributed by atoms with Crippen molar-refractivity contribution in [1.82, 2.24) is 9.80 Å². The molecule has 0 spiro atoms. The summed E-state index contributed by atoms with van der Waals surface area (Å²) in [5.41, 5.74) is 4.40. The largest absolute Gasteiger partial charge is 0.350 e. The van der Waals surface area contributed by atoms with Gasteiger partial charge in [-0.3, -0.25) is 4.79 Å². The first-order chi connectivity index (χ1) is 10.0. The lowest BCUT2D eigenvalue weighted by molar-refractivity contribution is -0.126. The Morgan fingerprint density at radius 3 is 2.62 bits per heavy atom. The summed E-state index contributed by atoms with van der Waals surface area (Å²) >= 11 is 0. The van der Waals surface area contributed by atoms with Crippen molar-refractivity contribution in [1.29, 1.82) is 0 Å². The van der Waals surface area contributed by atoms with Gasteiger partial charge in [0.2, 0.25) is 0 Å². The van der Waals surface area contributed by atoms with Crippen molar-refractivity contribution in [3.63, 3.8) is 0 Å². The molecule has 0 saturated heterocycles. The van der Waals surface area contributed by atoms with Crippen molar-refractivity contribution in [3.8, 4) is 0 Å². The lowest BCUT2D eigenvalue weighted by Gasteiger charge is -2.32. The van der Waals surface area contributed by atoms with Crippen molar-refractivity contribution in [2.75, 3.05) is 14.1 Å². The van der Waals surface area contributed by atoms with Gasteiger partial charge in [0, 0.05) is 43.9 Å². The van der Waals surface area contributed by atoms with Gasteiger partial charge >= 0.3 is 0 Å². The molecule has 21 heavy (non-hydrogen) atoms. The summed E-state index contributed by atoms with van der Waals surface area (Å²) in [6, 6.07) is 8.34. The Morgan fingerprint density at radius 1 is 1.19 bits per heavy atom. The van der Waals surface area contributed by atoms with E-state index in [0.717, 1.165) is 11.3 Å². The van der Waals surface area contributed by atoms with Gasteiger partial charge in [-0.1, -0.05) is 44.2 Å². The van der Waals surface area contributed by atoms with Gasteiger partial charge < -0.3 is 9.80 Å². The van der Waals surface area contributed by atoms with Crippen molar-refractivity contribution in [2.24, 2.45) is 11.8 Å². The average Bonchev–Trinajstić information content (AvgIpc) is 2.56. The van der Waals surface area contributed by atoms with Gasteiger partial charge in [0.25, 0.3) is 5.91 Å². The van der Waals surface area contributed by atoms with Crippen molar-refractivity contribution < 1.29 is 4.79 Å². The normalized spacial score (nSPS) is 21.6. The van der Waals surface area contributed by atoms with Crippen molar-refractivity contribution >= 4 is 11.6 Å². The average molecular weight is 282 g/mol. The first-order valence-electron chi connectivity index (χ1n) is 7.49. The molecular weight excluding hydrogens is 260 g/mol. The van der Waals surface area contributed by atoms with Crippen molar-refractivity contribution in [2.45, 2.75) is 20.4 Å². The van der Waals surface area contributed by atoms with E-state index in [1.54, 1.807) is 0 Å². The molecule has 110 valence electrons. The molecule has 0 bridgehead atoms.